The molecule has 0 aliphatic carbocycles. The third-order valence-corrected chi connectivity index (χ3v) is 8.76. The molecule has 7 nitrogen and oxygen atoms in total. The van der Waals surface area contributed by atoms with Crippen LogP contribution in [0.2, 0.25) is 0 Å². The maximum atomic E-state index is 15.0. The number of phenolic OH excluding ortho intramolecular Hbond substituents is 1. The molecule has 2 aromatic carbocycles. The van der Waals surface area contributed by atoms with Gasteiger partial charge in [0.05, 0.1) is 11.5 Å². The highest BCUT2D eigenvalue weighted by Crippen LogP contribution is 2.51. The molecule has 224 valence electrons. The van der Waals surface area contributed by atoms with Crippen molar-refractivity contribution in [2.45, 2.75) is 57.1 Å². The molecule has 2 aliphatic heterocycles. The second-order valence-corrected chi connectivity index (χ2v) is 11.7. The van der Waals surface area contributed by atoms with Crippen LogP contribution < -0.4 is 5.32 Å². The third kappa shape index (κ3) is 6.29. The first kappa shape index (κ1) is 31.0. The van der Waals surface area contributed by atoms with E-state index in [0.29, 0.717) is 17.5 Å². The van der Waals surface area contributed by atoms with Gasteiger partial charge >= 0.3 is 0 Å². The molecule has 0 radical (unpaired) electrons. The average Bonchev–Trinajstić information content (AvgIpc) is 3.33. The van der Waals surface area contributed by atoms with Gasteiger partial charge in [-0.05, 0) is 76.2 Å². The van der Waals surface area contributed by atoms with E-state index in [2.05, 4.69) is 5.32 Å². The second-order valence-electron chi connectivity index (χ2n) is 11.7. The molecule has 3 N–H and O–H groups in total. The van der Waals surface area contributed by atoms with Gasteiger partial charge in [0.15, 0.2) is 5.78 Å². The number of alkyl halides is 2. The fraction of sp³-hybridized carbons (Fsp3) is 0.548. The minimum absolute atomic E-state index is 0.0280. The molecule has 2 aliphatic rings. The third-order valence-electron chi connectivity index (χ3n) is 8.76. The van der Waals surface area contributed by atoms with Crippen molar-refractivity contribution in [1.82, 2.24) is 15.1 Å². The number of phenols is 1. The lowest BCUT2D eigenvalue weighted by Crippen LogP contribution is -2.61. The Morgan fingerprint density at radius 1 is 1.17 bits per heavy atom. The molecule has 0 saturated carbocycles. The number of nitrogens with zero attached hydrogens (tertiary/aromatic N) is 2. The number of carbonyl (C=O) groups excluding carboxylic acids is 2. The van der Waals surface area contributed by atoms with Crippen LogP contribution in [0.25, 0.3) is 0 Å². The van der Waals surface area contributed by atoms with Crippen LogP contribution in [0, 0.1) is 24.1 Å². The Labute approximate surface area is 239 Å². The number of unbranched alkanes of at least 4 members (excludes halogenated alkanes) is 1. The Kier molecular flexibility index (Phi) is 9.77. The number of hydrogen-bond acceptors (Lipinski definition) is 6. The minimum atomic E-state index is -2.95. The number of carbonyl (C=O) groups is 2. The number of nitrogens with one attached hydrogen (secondary N) is 1. The van der Waals surface area contributed by atoms with E-state index < -0.39 is 47.5 Å². The van der Waals surface area contributed by atoms with E-state index in [1.165, 1.54) is 18.2 Å². The molecule has 0 spiro atoms. The summed E-state index contributed by atoms with van der Waals surface area (Å²) in [6, 6.07) is 8.85. The fourth-order valence-electron chi connectivity index (χ4n) is 6.71. The summed E-state index contributed by atoms with van der Waals surface area (Å²) in [5.41, 5.74) is -0.337. The van der Waals surface area contributed by atoms with E-state index >= 15 is 4.39 Å². The molecular formula is C31H40F3N3O4. The predicted molar refractivity (Wildman–Crippen MR) is 150 cm³/mol. The molecule has 2 aromatic rings. The summed E-state index contributed by atoms with van der Waals surface area (Å²) in [6.45, 7) is 2.61. The van der Waals surface area contributed by atoms with Gasteiger partial charge in [0, 0.05) is 37.0 Å². The van der Waals surface area contributed by atoms with Gasteiger partial charge in [-0.2, -0.15) is 0 Å². The van der Waals surface area contributed by atoms with Crippen LogP contribution in [0.4, 0.5) is 13.2 Å². The molecule has 10 heteroatoms. The van der Waals surface area contributed by atoms with Gasteiger partial charge in [0.2, 0.25) is 5.91 Å². The number of ketones is 1. The number of rotatable bonds is 10. The Bertz CT molecular complexity index is 1240. The van der Waals surface area contributed by atoms with Gasteiger partial charge < -0.3 is 25.3 Å². The summed E-state index contributed by atoms with van der Waals surface area (Å²) >= 11 is 0. The van der Waals surface area contributed by atoms with Crippen molar-refractivity contribution in [3.63, 3.8) is 0 Å². The zero-order valence-electron chi connectivity index (χ0n) is 23.8. The van der Waals surface area contributed by atoms with Crippen LogP contribution >= 0.6 is 0 Å². The maximum Gasteiger partial charge on any atom is 0.261 e. The number of Topliss-reactive ketones (excluding diaryl/α,β-unsaturated/α-hetero) is 1. The molecular weight excluding hydrogens is 535 g/mol. The first-order chi connectivity index (χ1) is 19.5. The van der Waals surface area contributed by atoms with E-state index in [1.807, 2.05) is 19.0 Å². The van der Waals surface area contributed by atoms with Crippen molar-refractivity contribution in [3.05, 3.63) is 65.0 Å². The zero-order valence-corrected chi connectivity index (χ0v) is 23.8. The number of hydrogen-bond donors (Lipinski definition) is 3. The van der Waals surface area contributed by atoms with Gasteiger partial charge in [-0.3, -0.25) is 9.59 Å². The van der Waals surface area contributed by atoms with Gasteiger partial charge in [-0.15, -0.1) is 0 Å². The summed E-state index contributed by atoms with van der Waals surface area (Å²) in [5, 5.41) is 23.7. The lowest BCUT2D eigenvalue weighted by Gasteiger charge is -2.50. The Morgan fingerprint density at radius 2 is 1.90 bits per heavy atom. The van der Waals surface area contributed by atoms with Crippen LogP contribution in [0.3, 0.4) is 0 Å². The number of aromatic hydroxyl groups is 1. The van der Waals surface area contributed by atoms with Crippen molar-refractivity contribution in [2.75, 3.05) is 40.3 Å². The van der Waals surface area contributed by atoms with E-state index in [9.17, 15) is 28.6 Å². The van der Waals surface area contributed by atoms with Gasteiger partial charge in [-0.1, -0.05) is 30.7 Å². The highest BCUT2D eigenvalue weighted by molar-refractivity contribution is 6.00. The zero-order chi connectivity index (χ0) is 29.9. The summed E-state index contributed by atoms with van der Waals surface area (Å²) in [5.74, 6) is -3.15. The lowest BCUT2D eigenvalue weighted by atomic mass is 9.59. The van der Waals surface area contributed by atoms with E-state index in [-0.39, 0.29) is 49.6 Å². The van der Waals surface area contributed by atoms with E-state index in [1.54, 1.807) is 31.2 Å². The molecule has 0 unspecified atom stereocenters. The SMILES string of the molecule is Cc1c(F)cccc1[C@@H]1[C@H](C(=O)c2cccc(O)c2)CNC[C@]1(CCCCN(C)C)C(=O)N1CC[C@H](O)[C@H]1C(F)F. The van der Waals surface area contributed by atoms with Crippen molar-refractivity contribution in [2.24, 2.45) is 11.3 Å². The Morgan fingerprint density at radius 3 is 2.59 bits per heavy atom. The van der Waals surface area contributed by atoms with Crippen LogP contribution in [-0.4, -0.2) is 90.5 Å². The lowest BCUT2D eigenvalue weighted by molar-refractivity contribution is -0.152. The molecule has 5 atom stereocenters. The Hall–Kier alpha value is -2.95. The second kappa shape index (κ2) is 12.9. The number of aliphatic hydroxyl groups excluding tert-OH is 1. The quantitative estimate of drug-likeness (QED) is 0.293. The number of aliphatic hydroxyl groups is 1. The number of piperidine rings is 1. The topological polar surface area (TPSA) is 93.1 Å². The fourth-order valence-corrected chi connectivity index (χ4v) is 6.71. The molecule has 2 saturated heterocycles. The molecule has 1 amide bonds. The van der Waals surface area contributed by atoms with Crippen LogP contribution in [0.5, 0.6) is 5.75 Å². The average molecular weight is 576 g/mol. The molecule has 0 bridgehead atoms. The van der Waals surface area contributed by atoms with Gasteiger partial charge in [0.25, 0.3) is 6.43 Å². The maximum absolute atomic E-state index is 15.0. The normalized spacial score (nSPS) is 26.6. The largest absolute Gasteiger partial charge is 0.508 e. The van der Waals surface area contributed by atoms with Gasteiger partial charge in [-0.25, -0.2) is 13.2 Å². The summed E-state index contributed by atoms with van der Waals surface area (Å²) in [4.78, 5) is 31.8. The number of benzene rings is 2. The van der Waals surface area contributed by atoms with Crippen molar-refractivity contribution in [3.8, 4) is 5.75 Å². The number of amides is 1. The monoisotopic (exact) mass is 575 g/mol. The van der Waals surface area contributed by atoms with Gasteiger partial charge in [0.1, 0.15) is 17.6 Å². The van der Waals surface area contributed by atoms with Crippen LogP contribution in [0.15, 0.2) is 42.5 Å². The van der Waals surface area contributed by atoms with Crippen molar-refractivity contribution in [1.29, 1.82) is 0 Å². The minimum Gasteiger partial charge on any atom is -0.508 e. The summed E-state index contributed by atoms with van der Waals surface area (Å²) in [6.07, 6.45) is -2.71. The molecule has 2 heterocycles. The first-order valence-electron chi connectivity index (χ1n) is 14.2. The molecule has 4 rings (SSSR count). The first-order valence-corrected chi connectivity index (χ1v) is 14.2. The highest BCUT2D eigenvalue weighted by Gasteiger charge is 2.57. The summed E-state index contributed by atoms with van der Waals surface area (Å²) < 4.78 is 43.4. The number of likely N-dealkylation sites (tertiary alicyclic amines) is 1. The standard InChI is InChI=1S/C31H40F3N3O4/c1-19-22(10-7-11-24(19)32)26-23(28(40)20-8-6-9-21(38)16-20)17-35-18-31(26,13-4-5-14-36(2)3)30(41)37-15-12-25(39)27(37)29(33)34/h6-11,16,23,25-27,29,35,38-39H,4-5,12-15,17-18H2,1-3H3/t23-,25+,26-,27+,31+/m1/s1. The summed E-state index contributed by atoms with van der Waals surface area (Å²) in [7, 11) is 3.87. The van der Waals surface area contributed by atoms with Crippen LogP contribution in [-0.2, 0) is 4.79 Å². The smallest absolute Gasteiger partial charge is 0.261 e. The molecule has 2 fully saturated rings. The van der Waals surface area contributed by atoms with E-state index in [0.717, 1.165) is 17.9 Å². The predicted octanol–water partition coefficient (Wildman–Crippen LogP) is 3.97. The Balaban J connectivity index is 1.88. The van der Waals surface area contributed by atoms with Crippen molar-refractivity contribution >= 4 is 11.7 Å². The van der Waals surface area contributed by atoms with Crippen LogP contribution in [0.1, 0.15) is 53.1 Å². The van der Waals surface area contributed by atoms with E-state index in [4.69, 9.17) is 0 Å². The number of halogens is 3. The molecule has 41 heavy (non-hydrogen) atoms. The highest BCUT2D eigenvalue weighted by atomic mass is 19.3. The van der Waals surface area contributed by atoms with Crippen molar-refractivity contribution < 1.29 is 33.0 Å². The molecule has 0 aromatic heterocycles.